The summed E-state index contributed by atoms with van der Waals surface area (Å²) in [5.41, 5.74) is 6.54. The quantitative estimate of drug-likeness (QED) is 0.720. The van der Waals surface area contributed by atoms with Gasteiger partial charge in [0.2, 0.25) is 0 Å². The molecule has 0 radical (unpaired) electrons. The Morgan fingerprint density at radius 2 is 1.79 bits per heavy atom. The smallest absolute Gasteiger partial charge is 0.0331 e. The molecule has 0 aliphatic heterocycles. The van der Waals surface area contributed by atoms with E-state index in [0.717, 1.165) is 18.4 Å². The third kappa shape index (κ3) is 4.75. The molecule has 2 nitrogen and oxygen atoms in total. The lowest BCUT2D eigenvalue weighted by Gasteiger charge is -2.48. The minimum Gasteiger partial charge on any atom is -0.329 e. The summed E-state index contributed by atoms with van der Waals surface area (Å²) in [5.74, 6) is 1.74. The van der Waals surface area contributed by atoms with Crippen LogP contribution in [0.1, 0.15) is 72.6 Å². The van der Waals surface area contributed by atoms with Crippen molar-refractivity contribution in [2.45, 2.75) is 78.2 Å². The molecule has 0 amide bonds. The fraction of sp³-hybridized carbons (Fsp3) is 1.00. The van der Waals surface area contributed by atoms with Crippen LogP contribution in [-0.4, -0.2) is 30.1 Å². The van der Waals surface area contributed by atoms with Gasteiger partial charge in [-0.25, -0.2) is 0 Å². The third-order valence-corrected chi connectivity index (χ3v) is 5.13. The average Bonchev–Trinajstić information content (AvgIpc) is 2.43. The van der Waals surface area contributed by atoms with Gasteiger partial charge in [-0.05, 0) is 63.5 Å². The Morgan fingerprint density at radius 1 is 1.16 bits per heavy atom. The Bertz CT molecular complexity index is 229. The zero-order valence-electron chi connectivity index (χ0n) is 13.8. The predicted octanol–water partition coefficient (Wildman–Crippen LogP) is 4.04. The SMILES string of the molecule is CCCN(CCC(C)C)C1(CN)CCC(CC)CC1. The van der Waals surface area contributed by atoms with Gasteiger partial charge in [0.05, 0.1) is 0 Å². The first-order valence-corrected chi connectivity index (χ1v) is 8.53. The van der Waals surface area contributed by atoms with E-state index >= 15 is 0 Å². The lowest BCUT2D eigenvalue weighted by Crippen LogP contribution is -2.56. The standard InChI is InChI=1S/C17H36N2/c1-5-12-19(13-9-15(3)4)17(14-18)10-7-16(6-2)8-11-17/h15-16H,5-14,18H2,1-4H3. The zero-order valence-corrected chi connectivity index (χ0v) is 13.8. The van der Waals surface area contributed by atoms with Crippen LogP contribution >= 0.6 is 0 Å². The first kappa shape index (κ1) is 17.0. The minimum absolute atomic E-state index is 0.316. The molecule has 19 heavy (non-hydrogen) atoms. The molecule has 114 valence electrons. The van der Waals surface area contributed by atoms with Crippen LogP contribution in [0.5, 0.6) is 0 Å². The summed E-state index contributed by atoms with van der Waals surface area (Å²) in [6.45, 7) is 12.6. The van der Waals surface area contributed by atoms with Crippen molar-refractivity contribution in [3.05, 3.63) is 0 Å². The lowest BCUT2D eigenvalue weighted by atomic mass is 9.74. The van der Waals surface area contributed by atoms with Gasteiger partial charge in [0.25, 0.3) is 0 Å². The Morgan fingerprint density at radius 3 is 2.21 bits per heavy atom. The summed E-state index contributed by atoms with van der Waals surface area (Å²) in [6.07, 6.45) is 9.31. The molecular weight excluding hydrogens is 232 g/mol. The van der Waals surface area contributed by atoms with Crippen LogP contribution in [0, 0.1) is 11.8 Å². The highest BCUT2D eigenvalue weighted by atomic mass is 15.2. The van der Waals surface area contributed by atoms with Gasteiger partial charge in [-0.1, -0.05) is 34.1 Å². The molecule has 1 saturated carbocycles. The van der Waals surface area contributed by atoms with Crippen molar-refractivity contribution in [2.24, 2.45) is 17.6 Å². The molecule has 0 unspecified atom stereocenters. The van der Waals surface area contributed by atoms with E-state index in [4.69, 9.17) is 5.73 Å². The maximum atomic E-state index is 6.22. The normalized spacial score (nSPS) is 28.3. The van der Waals surface area contributed by atoms with Crippen LogP contribution < -0.4 is 5.73 Å². The highest BCUT2D eigenvalue weighted by Gasteiger charge is 2.38. The highest BCUT2D eigenvalue weighted by molar-refractivity contribution is 4.95. The van der Waals surface area contributed by atoms with Gasteiger partial charge in [-0.3, -0.25) is 4.90 Å². The Hall–Kier alpha value is -0.0800. The maximum absolute atomic E-state index is 6.22. The van der Waals surface area contributed by atoms with Gasteiger partial charge in [0.1, 0.15) is 0 Å². The predicted molar refractivity (Wildman–Crippen MR) is 85.4 cm³/mol. The summed E-state index contributed by atoms with van der Waals surface area (Å²) in [7, 11) is 0. The second-order valence-corrected chi connectivity index (χ2v) is 6.95. The molecule has 0 aromatic rings. The first-order chi connectivity index (χ1) is 9.07. The second kappa shape index (κ2) is 8.26. The monoisotopic (exact) mass is 268 g/mol. The van der Waals surface area contributed by atoms with Crippen molar-refractivity contribution in [1.29, 1.82) is 0 Å². The van der Waals surface area contributed by atoms with Crippen LogP contribution in [0.15, 0.2) is 0 Å². The van der Waals surface area contributed by atoms with Crippen molar-refractivity contribution in [3.8, 4) is 0 Å². The van der Waals surface area contributed by atoms with Gasteiger partial charge in [-0.15, -0.1) is 0 Å². The number of hydrogen-bond donors (Lipinski definition) is 1. The summed E-state index contributed by atoms with van der Waals surface area (Å²) < 4.78 is 0. The van der Waals surface area contributed by atoms with E-state index in [0.29, 0.717) is 5.54 Å². The van der Waals surface area contributed by atoms with Crippen molar-refractivity contribution in [2.75, 3.05) is 19.6 Å². The van der Waals surface area contributed by atoms with Crippen molar-refractivity contribution in [3.63, 3.8) is 0 Å². The lowest BCUT2D eigenvalue weighted by molar-refractivity contribution is 0.0379. The van der Waals surface area contributed by atoms with E-state index in [2.05, 4.69) is 32.6 Å². The molecular formula is C17H36N2. The largest absolute Gasteiger partial charge is 0.329 e. The van der Waals surface area contributed by atoms with Gasteiger partial charge in [-0.2, -0.15) is 0 Å². The van der Waals surface area contributed by atoms with E-state index in [1.54, 1.807) is 0 Å². The number of nitrogens with zero attached hydrogens (tertiary/aromatic N) is 1. The van der Waals surface area contributed by atoms with E-state index in [9.17, 15) is 0 Å². The molecule has 2 N–H and O–H groups in total. The van der Waals surface area contributed by atoms with Gasteiger partial charge in [0, 0.05) is 12.1 Å². The first-order valence-electron chi connectivity index (χ1n) is 8.53. The molecule has 0 spiro atoms. The van der Waals surface area contributed by atoms with Crippen LogP contribution in [0.3, 0.4) is 0 Å². The van der Waals surface area contributed by atoms with Crippen LogP contribution in [0.4, 0.5) is 0 Å². The van der Waals surface area contributed by atoms with E-state index < -0.39 is 0 Å². The highest BCUT2D eigenvalue weighted by Crippen LogP contribution is 2.37. The topological polar surface area (TPSA) is 29.3 Å². The molecule has 0 aromatic carbocycles. The third-order valence-electron chi connectivity index (χ3n) is 5.13. The van der Waals surface area contributed by atoms with Crippen LogP contribution in [0.2, 0.25) is 0 Å². The molecule has 0 atom stereocenters. The van der Waals surface area contributed by atoms with Crippen molar-refractivity contribution >= 4 is 0 Å². The Labute approximate surface area is 121 Å². The van der Waals surface area contributed by atoms with Crippen molar-refractivity contribution in [1.82, 2.24) is 4.90 Å². The number of nitrogens with two attached hydrogens (primary N) is 1. The summed E-state index contributed by atoms with van der Waals surface area (Å²) in [6, 6.07) is 0. The van der Waals surface area contributed by atoms with Gasteiger partial charge >= 0.3 is 0 Å². The molecule has 0 saturated heterocycles. The summed E-state index contributed by atoms with van der Waals surface area (Å²) >= 11 is 0. The minimum atomic E-state index is 0.316. The second-order valence-electron chi connectivity index (χ2n) is 6.95. The maximum Gasteiger partial charge on any atom is 0.0331 e. The molecule has 0 bridgehead atoms. The molecule has 0 aromatic heterocycles. The van der Waals surface area contributed by atoms with Gasteiger partial charge < -0.3 is 5.73 Å². The average molecular weight is 268 g/mol. The number of rotatable bonds is 8. The Balaban J connectivity index is 2.66. The molecule has 0 heterocycles. The van der Waals surface area contributed by atoms with E-state index in [1.807, 2.05) is 0 Å². The molecule has 1 aliphatic carbocycles. The van der Waals surface area contributed by atoms with Crippen molar-refractivity contribution < 1.29 is 0 Å². The molecule has 1 fully saturated rings. The summed E-state index contributed by atoms with van der Waals surface area (Å²) in [4.78, 5) is 2.74. The zero-order chi connectivity index (χ0) is 14.3. The van der Waals surface area contributed by atoms with Crippen LogP contribution in [0.25, 0.3) is 0 Å². The van der Waals surface area contributed by atoms with E-state index in [1.165, 1.54) is 58.0 Å². The van der Waals surface area contributed by atoms with Gasteiger partial charge in [0.15, 0.2) is 0 Å². The summed E-state index contributed by atoms with van der Waals surface area (Å²) in [5, 5.41) is 0. The number of hydrogen-bond acceptors (Lipinski definition) is 2. The van der Waals surface area contributed by atoms with E-state index in [-0.39, 0.29) is 0 Å². The molecule has 1 aliphatic rings. The Kier molecular flexibility index (Phi) is 7.38. The van der Waals surface area contributed by atoms with Crippen LogP contribution in [-0.2, 0) is 0 Å². The fourth-order valence-electron chi connectivity index (χ4n) is 3.54. The molecule has 1 rings (SSSR count). The molecule has 2 heteroatoms. The fourth-order valence-corrected chi connectivity index (χ4v) is 3.54.